The molecule has 0 unspecified atom stereocenters. The van der Waals surface area contributed by atoms with Crippen LogP contribution in [0.3, 0.4) is 0 Å². The summed E-state index contributed by atoms with van der Waals surface area (Å²) in [7, 11) is 0. The van der Waals surface area contributed by atoms with E-state index in [-0.39, 0.29) is 12.3 Å². The number of hydrogen-bond acceptors (Lipinski definition) is 3. The molecule has 2 N–H and O–H groups in total. The first kappa shape index (κ1) is 9.37. The number of benzene rings is 1. The van der Waals surface area contributed by atoms with E-state index in [1.165, 1.54) is 10.3 Å². The monoisotopic (exact) mass is 205 g/mol. The molecular formula is C11H11NOS. The van der Waals surface area contributed by atoms with Crippen molar-refractivity contribution in [1.29, 1.82) is 0 Å². The van der Waals surface area contributed by atoms with Crippen LogP contribution < -0.4 is 5.73 Å². The molecule has 0 atom stereocenters. The number of carbonyl (C=O) groups excluding carboxylic acids is 1. The van der Waals surface area contributed by atoms with Crippen molar-refractivity contribution >= 4 is 27.2 Å². The lowest BCUT2D eigenvalue weighted by Gasteiger charge is -1.98. The van der Waals surface area contributed by atoms with Crippen LogP contribution in [0.25, 0.3) is 10.1 Å². The Bertz CT molecular complexity index is 487. The minimum Gasteiger partial charge on any atom is -0.324 e. The van der Waals surface area contributed by atoms with Crippen molar-refractivity contribution in [3.8, 4) is 0 Å². The molecule has 1 heterocycles. The average molecular weight is 205 g/mol. The molecule has 2 rings (SSSR count). The van der Waals surface area contributed by atoms with Crippen LogP contribution in [0.5, 0.6) is 0 Å². The number of fused-ring (bicyclic) bond motifs is 1. The van der Waals surface area contributed by atoms with Crippen LogP contribution in [0, 0.1) is 6.92 Å². The first-order valence-corrected chi connectivity index (χ1v) is 5.31. The van der Waals surface area contributed by atoms with Gasteiger partial charge >= 0.3 is 0 Å². The fourth-order valence-corrected chi connectivity index (χ4v) is 2.37. The van der Waals surface area contributed by atoms with Crippen LogP contribution in [0.1, 0.15) is 15.9 Å². The van der Waals surface area contributed by atoms with Gasteiger partial charge in [0.25, 0.3) is 0 Å². The molecule has 0 amide bonds. The molecule has 1 aromatic heterocycles. The highest BCUT2D eigenvalue weighted by atomic mass is 32.1. The largest absolute Gasteiger partial charge is 0.324 e. The van der Waals surface area contributed by atoms with Crippen LogP contribution in [-0.4, -0.2) is 12.3 Å². The first-order chi connectivity index (χ1) is 6.72. The third kappa shape index (κ3) is 1.45. The molecular weight excluding hydrogens is 194 g/mol. The minimum absolute atomic E-state index is 0.00231. The number of nitrogens with two attached hydrogens (primary N) is 1. The van der Waals surface area contributed by atoms with E-state index in [1.807, 2.05) is 18.2 Å². The third-order valence-electron chi connectivity index (χ3n) is 2.27. The lowest BCUT2D eigenvalue weighted by molar-refractivity contribution is 0.100. The summed E-state index contributed by atoms with van der Waals surface area (Å²) in [5, 5.41) is 3.26. The van der Waals surface area contributed by atoms with Gasteiger partial charge in [-0.15, -0.1) is 11.3 Å². The second-order valence-corrected chi connectivity index (χ2v) is 4.17. The second-order valence-electron chi connectivity index (χ2n) is 3.26. The van der Waals surface area contributed by atoms with E-state index in [0.717, 1.165) is 5.39 Å². The Balaban J connectivity index is 2.60. The molecule has 0 aliphatic rings. The molecule has 14 heavy (non-hydrogen) atoms. The Kier molecular flexibility index (Phi) is 2.35. The van der Waals surface area contributed by atoms with Crippen molar-refractivity contribution in [1.82, 2.24) is 0 Å². The molecule has 0 aliphatic heterocycles. The first-order valence-electron chi connectivity index (χ1n) is 4.43. The molecule has 0 aliphatic carbocycles. The predicted octanol–water partition coefficient (Wildman–Crippen LogP) is 2.35. The topological polar surface area (TPSA) is 43.1 Å². The zero-order chi connectivity index (χ0) is 10.1. The van der Waals surface area contributed by atoms with Gasteiger partial charge in [-0.1, -0.05) is 0 Å². The molecule has 0 bridgehead atoms. The fraction of sp³-hybridized carbons (Fsp3) is 0.182. The second kappa shape index (κ2) is 3.52. The molecule has 2 aromatic rings. The summed E-state index contributed by atoms with van der Waals surface area (Å²) in [6, 6.07) is 5.75. The minimum atomic E-state index is -0.00231. The number of aryl methyl sites for hydroxylation is 1. The smallest absolute Gasteiger partial charge is 0.176 e. The van der Waals surface area contributed by atoms with Crippen LogP contribution in [0.15, 0.2) is 23.6 Å². The molecule has 0 spiro atoms. The molecule has 2 nitrogen and oxygen atoms in total. The van der Waals surface area contributed by atoms with Gasteiger partial charge in [0, 0.05) is 10.3 Å². The van der Waals surface area contributed by atoms with E-state index in [4.69, 9.17) is 5.73 Å². The van der Waals surface area contributed by atoms with E-state index in [2.05, 4.69) is 12.3 Å². The van der Waals surface area contributed by atoms with E-state index in [9.17, 15) is 4.79 Å². The van der Waals surface area contributed by atoms with Gasteiger partial charge in [0.1, 0.15) is 0 Å². The highest BCUT2D eigenvalue weighted by molar-refractivity contribution is 7.17. The third-order valence-corrected chi connectivity index (χ3v) is 3.36. The SMILES string of the molecule is Cc1csc2ccc(C(=O)CN)cc12. The summed E-state index contributed by atoms with van der Waals surface area (Å²) in [6.45, 7) is 2.13. The Morgan fingerprint density at radius 1 is 1.50 bits per heavy atom. The van der Waals surface area contributed by atoms with E-state index < -0.39 is 0 Å². The van der Waals surface area contributed by atoms with Gasteiger partial charge < -0.3 is 5.73 Å². The quantitative estimate of drug-likeness (QED) is 0.765. The lowest BCUT2D eigenvalue weighted by atomic mass is 10.1. The predicted molar refractivity (Wildman–Crippen MR) is 59.9 cm³/mol. The number of hydrogen-bond donors (Lipinski definition) is 1. The van der Waals surface area contributed by atoms with Gasteiger partial charge in [-0.2, -0.15) is 0 Å². The van der Waals surface area contributed by atoms with Gasteiger partial charge in [0.05, 0.1) is 6.54 Å². The molecule has 0 saturated heterocycles. The van der Waals surface area contributed by atoms with E-state index in [0.29, 0.717) is 5.56 Å². The number of thiophene rings is 1. The molecule has 0 radical (unpaired) electrons. The zero-order valence-corrected chi connectivity index (χ0v) is 8.73. The van der Waals surface area contributed by atoms with Crippen molar-refractivity contribution in [2.24, 2.45) is 5.73 Å². The maximum atomic E-state index is 11.4. The summed E-state index contributed by atoms with van der Waals surface area (Å²) in [4.78, 5) is 11.4. The van der Waals surface area contributed by atoms with Crippen LogP contribution in [0.4, 0.5) is 0 Å². The summed E-state index contributed by atoms with van der Waals surface area (Å²) in [6.07, 6.45) is 0. The molecule has 1 aromatic carbocycles. The zero-order valence-electron chi connectivity index (χ0n) is 7.91. The van der Waals surface area contributed by atoms with Gasteiger partial charge in [-0.3, -0.25) is 4.79 Å². The van der Waals surface area contributed by atoms with Crippen molar-refractivity contribution in [3.63, 3.8) is 0 Å². The van der Waals surface area contributed by atoms with Crippen molar-refractivity contribution in [2.75, 3.05) is 6.54 Å². The van der Waals surface area contributed by atoms with Crippen LogP contribution in [0.2, 0.25) is 0 Å². The Hall–Kier alpha value is -1.19. The average Bonchev–Trinajstić information content (AvgIpc) is 2.59. The van der Waals surface area contributed by atoms with Gasteiger partial charge in [-0.25, -0.2) is 0 Å². The summed E-state index contributed by atoms with van der Waals surface area (Å²) >= 11 is 1.70. The molecule has 0 saturated carbocycles. The Labute approximate surface area is 86.3 Å². The normalized spacial score (nSPS) is 10.7. The highest BCUT2D eigenvalue weighted by Gasteiger charge is 2.06. The van der Waals surface area contributed by atoms with Crippen molar-refractivity contribution < 1.29 is 4.79 Å². The standard InChI is InChI=1S/C11H11NOS/c1-7-6-14-11-3-2-8(4-9(7)11)10(13)5-12/h2-4,6H,5,12H2,1H3. The number of carbonyl (C=O) groups is 1. The van der Waals surface area contributed by atoms with E-state index >= 15 is 0 Å². The number of Topliss-reactive ketones (excluding diaryl/α,β-unsaturated/α-hetero) is 1. The maximum absolute atomic E-state index is 11.4. The summed E-state index contributed by atoms with van der Waals surface area (Å²) in [5.41, 5.74) is 7.24. The number of rotatable bonds is 2. The highest BCUT2D eigenvalue weighted by Crippen LogP contribution is 2.26. The Morgan fingerprint density at radius 3 is 3.00 bits per heavy atom. The summed E-state index contributed by atoms with van der Waals surface area (Å²) < 4.78 is 1.22. The lowest BCUT2D eigenvalue weighted by Crippen LogP contribution is -2.13. The van der Waals surface area contributed by atoms with Crippen LogP contribution >= 0.6 is 11.3 Å². The number of ketones is 1. The van der Waals surface area contributed by atoms with Crippen molar-refractivity contribution in [3.05, 3.63) is 34.7 Å². The van der Waals surface area contributed by atoms with E-state index in [1.54, 1.807) is 11.3 Å². The molecule has 3 heteroatoms. The Morgan fingerprint density at radius 2 is 2.29 bits per heavy atom. The fourth-order valence-electron chi connectivity index (χ4n) is 1.45. The van der Waals surface area contributed by atoms with Gasteiger partial charge in [0.2, 0.25) is 0 Å². The summed E-state index contributed by atoms with van der Waals surface area (Å²) in [5.74, 6) is -0.00231. The van der Waals surface area contributed by atoms with Gasteiger partial charge in [0.15, 0.2) is 5.78 Å². The molecule has 72 valence electrons. The molecule has 0 fully saturated rings. The van der Waals surface area contributed by atoms with Crippen molar-refractivity contribution in [2.45, 2.75) is 6.92 Å². The van der Waals surface area contributed by atoms with Gasteiger partial charge in [-0.05, 0) is 41.5 Å². The van der Waals surface area contributed by atoms with Crippen LogP contribution in [-0.2, 0) is 0 Å². The maximum Gasteiger partial charge on any atom is 0.176 e.